The lowest BCUT2D eigenvalue weighted by Crippen LogP contribution is -2.37. The molecule has 0 radical (unpaired) electrons. The molecule has 0 unspecified atom stereocenters. The maximum atomic E-state index is 11.7. The Bertz CT molecular complexity index is 1040. The van der Waals surface area contributed by atoms with Crippen molar-refractivity contribution in [3.05, 3.63) is 58.7 Å². The van der Waals surface area contributed by atoms with Crippen molar-refractivity contribution >= 4 is 5.91 Å². The lowest BCUT2D eigenvalue weighted by molar-refractivity contribution is -0.180. The second kappa shape index (κ2) is 11.0. The van der Waals surface area contributed by atoms with Crippen molar-refractivity contribution in [2.75, 3.05) is 27.2 Å². The molecule has 0 saturated heterocycles. The summed E-state index contributed by atoms with van der Waals surface area (Å²) in [6, 6.07) is 12.4. The number of hydrogen-bond donors (Lipinski definition) is 2. The summed E-state index contributed by atoms with van der Waals surface area (Å²) in [5.74, 6) is 1.16. The van der Waals surface area contributed by atoms with E-state index in [1.54, 1.807) is 19.0 Å². The lowest BCUT2D eigenvalue weighted by atomic mass is 9.88. The van der Waals surface area contributed by atoms with Crippen molar-refractivity contribution in [1.29, 1.82) is 0 Å². The molecule has 2 atom stereocenters. The minimum atomic E-state index is -0.623. The zero-order valence-electron chi connectivity index (χ0n) is 21.3. The first-order valence-corrected chi connectivity index (χ1v) is 12.5. The minimum absolute atomic E-state index is 0.121. The van der Waals surface area contributed by atoms with Crippen LogP contribution in [0.3, 0.4) is 0 Å². The molecule has 2 aromatic carbocycles. The van der Waals surface area contributed by atoms with E-state index in [1.807, 2.05) is 38.1 Å². The van der Waals surface area contributed by atoms with E-state index in [9.17, 15) is 9.90 Å². The fourth-order valence-corrected chi connectivity index (χ4v) is 4.60. The third kappa shape index (κ3) is 6.75. The smallest absolute Gasteiger partial charge is 0.222 e. The zero-order valence-corrected chi connectivity index (χ0v) is 21.3. The molecule has 0 bridgehead atoms. The number of nitrogens with one attached hydrogen (secondary N) is 1. The van der Waals surface area contributed by atoms with E-state index in [0.29, 0.717) is 38.6 Å². The molecule has 0 aromatic heterocycles. The maximum Gasteiger partial charge on any atom is 0.222 e. The third-order valence-electron chi connectivity index (χ3n) is 6.71. The molecule has 35 heavy (non-hydrogen) atoms. The van der Waals surface area contributed by atoms with Crippen molar-refractivity contribution in [3.8, 4) is 11.5 Å². The molecular formula is C28H38N2O5. The van der Waals surface area contributed by atoms with Crippen LogP contribution >= 0.6 is 0 Å². The molecule has 1 aliphatic heterocycles. The van der Waals surface area contributed by atoms with Gasteiger partial charge in [0.2, 0.25) is 11.7 Å². The van der Waals surface area contributed by atoms with E-state index in [2.05, 4.69) is 17.4 Å². The Hall–Kier alpha value is -2.61. The second-order valence-corrected chi connectivity index (χ2v) is 10.2. The first kappa shape index (κ1) is 25.5. The highest BCUT2D eigenvalue weighted by atomic mass is 16.7. The Balaban J connectivity index is 1.27. The highest BCUT2D eigenvalue weighted by Crippen LogP contribution is 2.33. The van der Waals surface area contributed by atoms with Crippen LogP contribution in [0.1, 0.15) is 61.5 Å². The van der Waals surface area contributed by atoms with Crippen molar-refractivity contribution in [3.63, 3.8) is 0 Å². The van der Waals surface area contributed by atoms with E-state index >= 15 is 0 Å². The average molecular weight is 483 g/mol. The van der Waals surface area contributed by atoms with E-state index in [1.165, 1.54) is 11.1 Å². The summed E-state index contributed by atoms with van der Waals surface area (Å²) in [7, 11) is 3.54. The molecule has 7 nitrogen and oxygen atoms in total. The monoisotopic (exact) mass is 482 g/mol. The van der Waals surface area contributed by atoms with Crippen LogP contribution in [0.15, 0.2) is 36.4 Å². The number of ether oxygens (including phenoxy) is 3. The Kier molecular flexibility index (Phi) is 7.99. The summed E-state index contributed by atoms with van der Waals surface area (Å²) >= 11 is 0. The molecule has 1 aliphatic carbocycles. The normalized spacial score (nSPS) is 19.2. The van der Waals surface area contributed by atoms with Gasteiger partial charge in [0.15, 0.2) is 0 Å². The molecule has 0 saturated carbocycles. The number of benzene rings is 2. The predicted molar refractivity (Wildman–Crippen MR) is 135 cm³/mol. The number of nitrogens with zero attached hydrogens (tertiary/aromatic N) is 1. The number of fused-ring (bicyclic) bond motifs is 2. The Morgan fingerprint density at radius 1 is 1.20 bits per heavy atom. The SMILES string of the molecule is CN(C)C(=O)CCCOc1ccc2c(c1)C[C@@H](NC[C@@H](O)c1ccc3c(c1)COC(C)(C)O3)CC2. The highest BCUT2D eigenvalue weighted by molar-refractivity contribution is 5.75. The Morgan fingerprint density at radius 2 is 2.03 bits per heavy atom. The summed E-state index contributed by atoms with van der Waals surface area (Å²) in [5, 5.41) is 14.4. The summed E-state index contributed by atoms with van der Waals surface area (Å²) in [6.07, 6.45) is 3.54. The van der Waals surface area contributed by atoms with Gasteiger partial charge in [-0.15, -0.1) is 0 Å². The largest absolute Gasteiger partial charge is 0.494 e. The molecule has 1 heterocycles. The van der Waals surface area contributed by atoms with Crippen molar-refractivity contribution < 1.29 is 24.1 Å². The van der Waals surface area contributed by atoms with Crippen LogP contribution in [-0.2, 0) is 29.0 Å². The van der Waals surface area contributed by atoms with E-state index < -0.39 is 11.9 Å². The molecule has 2 N–H and O–H groups in total. The van der Waals surface area contributed by atoms with Gasteiger partial charge >= 0.3 is 0 Å². The van der Waals surface area contributed by atoms with Crippen LogP contribution in [0.5, 0.6) is 11.5 Å². The fourth-order valence-electron chi connectivity index (χ4n) is 4.60. The van der Waals surface area contributed by atoms with Gasteiger partial charge in [-0.2, -0.15) is 0 Å². The number of aliphatic hydroxyl groups excluding tert-OH is 1. The first-order valence-electron chi connectivity index (χ1n) is 12.5. The molecule has 4 rings (SSSR count). The van der Waals surface area contributed by atoms with Crippen LogP contribution in [0.25, 0.3) is 0 Å². The van der Waals surface area contributed by atoms with Crippen molar-refractivity contribution in [1.82, 2.24) is 10.2 Å². The summed E-state index contributed by atoms with van der Waals surface area (Å²) in [5.41, 5.74) is 4.47. The van der Waals surface area contributed by atoms with Gasteiger partial charge in [0, 0.05) is 52.5 Å². The molecule has 190 valence electrons. The third-order valence-corrected chi connectivity index (χ3v) is 6.71. The Morgan fingerprint density at radius 3 is 2.83 bits per heavy atom. The van der Waals surface area contributed by atoms with Gasteiger partial charge in [-0.1, -0.05) is 12.1 Å². The number of carbonyl (C=O) groups excluding carboxylic acids is 1. The summed E-state index contributed by atoms with van der Waals surface area (Å²) in [4.78, 5) is 13.3. The van der Waals surface area contributed by atoms with Crippen molar-refractivity contribution in [2.45, 2.75) is 70.5 Å². The van der Waals surface area contributed by atoms with Gasteiger partial charge in [0.25, 0.3) is 0 Å². The molecule has 0 fully saturated rings. The average Bonchev–Trinajstić information content (AvgIpc) is 2.83. The van der Waals surface area contributed by atoms with Crippen LogP contribution < -0.4 is 14.8 Å². The van der Waals surface area contributed by atoms with E-state index in [0.717, 1.165) is 41.9 Å². The number of aliphatic hydroxyl groups is 1. The van der Waals surface area contributed by atoms with Crippen LogP contribution in [0.4, 0.5) is 0 Å². The van der Waals surface area contributed by atoms with Gasteiger partial charge in [0.1, 0.15) is 11.5 Å². The number of carbonyl (C=O) groups is 1. The molecule has 1 amide bonds. The molecule has 0 spiro atoms. The first-order chi connectivity index (χ1) is 16.7. The second-order valence-electron chi connectivity index (χ2n) is 10.2. The zero-order chi connectivity index (χ0) is 25.0. The summed E-state index contributed by atoms with van der Waals surface area (Å²) < 4.78 is 17.5. The molecule has 2 aliphatic rings. The van der Waals surface area contributed by atoms with Crippen LogP contribution in [-0.4, -0.2) is 55.0 Å². The van der Waals surface area contributed by atoms with Gasteiger partial charge in [-0.3, -0.25) is 4.79 Å². The number of hydrogen-bond acceptors (Lipinski definition) is 6. The van der Waals surface area contributed by atoms with Crippen LogP contribution in [0.2, 0.25) is 0 Å². The number of amides is 1. The minimum Gasteiger partial charge on any atom is -0.494 e. The standard InChI is InChI=1S/C28H38N2O5/c1-28(2)34-18-22-14-20(9-12-26(22)35-28)25(31)17-29-23-10-7-19-8-11-24(16-21(19)15-23)33-13-5-6-27(32)30(3)4/h8-9,11-12,14,16,23,25,29,31H,5-7,10,13,15,17-18H2,1-4H3/t23-,25+/m0/s1. The molecule has 2 aromatic rings. The maximum absolute atomic E-state index is 11.7. The number of rotatable bonds is 9. The van der Waals surface area contributed by atoms with Gasteiger partial charge in [-0.05, 0) is 66.6 Å². The predicted octanol–water partition coefficient (Wildman–Crippen LogP) is 3.76. The van der Waals surface area contributed by atoms with Crippen LogP contribution in [0, 0.1) is 0 Å². The topological polar surface area (TPSA) is 80.3 Å². The van der Waals surface area contributed by atoms with E-state index in [-0.39, 0.29) is 5.91 Å². The molecular weight excluding hydrogens is 444 g/mol. The van der Waals surface area contributed by atoms with Gasteiger partial charge < -0.3 is 29.5 Å². The fraction of sp³-hybridized carbons (Fsp3) is 0.536. The highest BCUT2D eigenvalue weighted by Gasteiger charge is 2.28. The van der Waals surface area contributed by atoms with Crippen molar-refractivity contribution in [2.24, 2.45) is 0 Å². The quantitative estimate of drug-likeness (QED) is 0.530. The molecule has 7 heteroatoms. The van der Waals surface area contributed by atoms with E-state index in [4.69, 9.17) is 14.2 Å². The van der Waals surface area contributed by atoms with Gasteiger partial charge in [0.05, 0.1) is 19.3 Å². The number of aryl methyl sites for hydroxylation is 1. The Labute approximate surface area is 208 Å². The van der Waals surface area contributed by atoms with Gasteiger partial charge in [-0.25, -0.2) is 0 Å². The lowest BCUT2D eigenvalue weighted by Gasteiger charge is -2.33. The summed E-state index contributed by atoms with van der Waals surface area (Å²) in [6.45, 7) is 5.29.